The molecule has 1 aliphatic rings. The minimum absolute atomic E-state index is 0.0204. The molecule has 1 aliphatic heterocycles. The van der Waals surface area contributed by atoms with Crippen LogP contribution >= 0.6 is 11.6 Å². The van der Waals surface area contributed by atoms with Crippen molar-refractivity contribution in [3.8, 4) is 0 Å². The minimum Gasteiger partial charge on any atom is -0.478 e. The Labute approximate surface area is 190 Å². The molecule has 1 heterocycles. The minimum atomic E-state index is -4.07. The monoisotopic (exact) mass is 482 g/mol. The van der Waals surface area contributed by atoms with E-state index in [-0.39, 0.29) is 22.8 Å². The van der Waals surface area contributed by atoms with E-state index in [0.29, 0.717) is 18.1 Å². The molecule has 1 fully saturated rings. The quantitative estimate of drug-likeness (QED) is 0.500. The van der Waals surface area contributed by atoms with Gasteiger partial charge in [-0.3, -0.25) is 4.79 Å². The lowest BCUT2D eigenvalue weighted by Gasteiger charge is -2.25. The van der Waals surface area contributed by atoms with Crippen LogP contribution in [-0.2, 0) is 24.3 Å². The van der Waals surface area contributed by atoms with Crippen LogP contribution in [0.5, 0.6) is 0 Å². The van der Waals surface area contributed by atoms with Gasteiger partial charge in [0.1, 0.15) is 6.04 Å². The number of carbonyl (C=O) groups is 2. The van der Waals surface area contributed by atoms with E-state index < -0.39 is 34.2 Å². The molecule has 1 amide bonds. The van der Waals surface area contributed by atoms with Crippen molar-refractivity contribution >= 4 is 39.2 Å². The Hall–Kier alpha value is -2.50. The molecule has 0 radical (unpaired) electrons. The van der Waals surface area contributed by atoms with Crippen LogP contribution in [0.25, 0.3) is 0 Å². The van der Waals surface area contributed by atoms with Crippen LogP contribution in [0.3, 0.4) is 0 Å². The molecule has 2 aromatic carbocycles. The second-order valence-electron chi connectivity index (χ2n) is 7.13. The Morgan fingerprint density at radius 1 is 1.19 bits per heavy atom. The van der Waals surface area contributed by atoms with Gasteiger partial charge in [-0.15, -0.1) is 0 Å². The van der Waals surface area contributed by atoms with Gasteiger partial charge in [-0.2, -0.15) is 4.72 Å². The summed E-state index contributed by atoms with van der Waals surface area (Å²) in [4.78, 5) is 24.0. The number of nitrogens with one attached hydrogen (secondary N) is 2. The number of rotatable bonds is 9. The van der Waals surface area contributed by atoms with Gasteiger partial charge < -0.3 is 19.9 Å². The number of carboxylic acids is 1. The molecule has 0 bridgehead atoms. The number of ether oxygens (including phenoxy) is 2. The Kier molecular flexibility index (Phi) is 8.21. The summed E-state index contributed by atoms with van der Waals surface area (Å²) < 4.78 is 39.1. The van der Waals surface area contributed by atoms with Gasteiger partial charge in [0.15, 0.2) is 6.29 Å². The molecule has 2 atom stereocenters. The molecule has 9 nitrogen and oxygen atoms in total. The summed E-state index contributed by atoms with van der Waals surface area (Å²) in [6.45, 7) is 0.252. The zero-order valence-electron chi connectivity index (χ0n) is 17.0. The van der Waals surface area contributed by atoms with E-state index >= 15 is 0 Å². The Morgan fingerprint density at radius 2 is 1.94 bits per heavy atom. The SMILES string of the molecule is O=C(O)c1cccc(NC(=O)C(CO[C@H]2CCCCO2)NS(=O)(=O)c2ccc(Cl)cc2)c1. The first-order valence-corrected chi connectivity index (χ1v) is 11.8. The molecule has 32 heavy (non-hydrogen) atoms. The number of hydrogen-bond donors (Lipinski definition) is 3. The summed E-state index contributed by atoms with van der Waals surface area (Å²) in [5.41, 5.74) is 0.187. The van der Waals surface area contributed by atoms with Crippen molar-refractivity contribution in [2.75, 3.05) is 18.5 Å². The number of hydrogen-bond acceptors (Lipinski definition) is 6. The van der Waals surface area contributed by atoms with Crippen molar-refractivity contribution in [3.63, 3.8) is 0 Å². The van der Waals surface area contributed by atoms with Gasteiger partial charge in [-0.05, 0) is 61.7 Å². The topological polar surface area (TPSA) is 131 Å². The fourth-order valence-electron chi connectivity index (χ4n) is 3.04. The first kappa shape index (κ1) is 24.1. The number of benzene rings is 2. The molecule has 11 heteroatoms. The fourth-order valence-corrected chi connectivity index (χ4v) is 4.34. The standard InChI is InChI=1S/C21H23ClN2O7S/c22-15-7-9-17(10-8-15)32(28,29)24-18(13-31-19-6-1-2-11-30-19)20(25)23-16-5-3-4-14(12-16)21(26)27/h3-5,7-10,12,18-19,24H,1-2,6,11,13H2,(H,23,25)(H,26,27)/t18?,19-/m0/s1. The zero-order chi connectivity index (χ0) is 23.1. The maximum atomic E-state index is 12.9. The smallest absolute Gasteiger partial charge is 0.335 e. The van der Waals surface area contributed by atoms with Gasteiger partial charge in [0, 0.05) is 17.3 Å². The Balaban J connectivity index is 1.77. The number of amides is 1. The van der Waals surface area contributed by atoms with Crippen LogP contribution in [0.4, 0.5) is 5.69 Å². The fraction of sp³-hybridized carbons (Fsp3) is 0.333. The molecule has 0 saturated carbocycles. The molecule has 3 N–H and O–H groups in total. The lowest BCUT2D eigenvalue weighted by molar-refractivity contribution is -0.166. The van der Waals surface area contributed by atoms with Crippen LogP contribution in [0, 0.1) is 0 Å². The summed E-state index contributed by atoms with van der Waals surface area (Å²) >= 11 is 5.82. The van der Waals surface area contributed by atoms with E-state index in [4.69, 9.17) is 26.2 Å². The predicted molar refractivity (Wildman–Crippen MR) is 117 cm³/mol. The lowest BCUT2D eigenvalue weighted by atomic mass is 10.2. The molecular formula is C21H23ClN2O7S. The molecule has 3 rings (SSSR count). The molecule has 0 spiro atoms. The number of carbonyl (C=O) groups excluding carboxylic acids is 1. The summed E-state index contributed by atoms with van der Waals surface area (Å²) in [7, 11) is -4.07. The third-order valence-corrected chi connectivity index (χ3v) is 6.44. The first-order valence-electron chi connectivity index (χ1n) is 9.90. The van der Waals surface area contributed by atoms with Gasteiger partial charge in [0.05, 0.1) is 17.1 Å². The van der Waals surface area contributed by atoms with Gasteiger partial charge in [-0.1, -0.05) is 17.7 Å². The van der Waals surface area contributed by atoms with E-state index in [2.05, 4.69) is 10.0 Å². The van der Waals surface area contributed by atoms with Gasteiger partial charge in [0.2, 0.25) is 15.9 Å². The van der Waals surface area contributed by atoms with Crippen LogP contribution < -0.4 is 10.0 Å². The van der Waals surface area contributed by atoms with Crippen LogP contribution in [0.15, 0.2) is 53.4 Å². The highest BCUT2D eigenvalue weighted by atomic mass is 35.5. The Bertz CT molecular complexity index is 1050. The third-order valence-electron chi connectivity index (χ3n) is 4.70. The van der Waals surface area contributed by atoms with Gasteiger partial charge in [0.25, 0.3) is 0 Å². The third kappa shape index (κ3) is 6.75. The van der Waals surface area contributed by atoms with Gasteiger partial charge >= 0.3 is 5.97 Å². The molecular weight excluding hydrogens is 460 g/mol. The summed E-state index contributed by atoms with van der Waals surface area (Å²) in [6, 6.07) is 9.82. The highest BCUT2D eigenvalue weighted by Crippen LogP contribution is 2.17. The van der Waals surface area contributed by atoms with Crippen molar-refractivity contribution in [1.82, 2.24) is 4.72 Å². The lowest BCUT2D eigenvalue weighted by Crippen LogP contribution is -2.47. The van der Waals surface area contributed by atoms with Crippen molar-refractivity contribution in [2.24, 2.45) is 0 Å². The summed E-state index contributed by atoms with van der Waals surface area (Å²) in [6.07, 6.45) is 1.92. The van der Waals surface area contributed by atoms with Crippen molar-refractivity contribution in [1.29, 1.82) is 0 Å². The maximum absolute atomic E-state index is 12.9. The van der Waals surface area contributed by atoms with Crippen molar-refractivity contribution in [2.45, 2.75) is 36.5 Å². The average Bonchev–Trinajstić information content (AvgIpc) is 2.77. The summed E-state index contributed by atoms with van der Waals surface area (Å²) in [5.74, 6) is -1.86. The second kappa shape index (κ2) is 10.9. The number of aromatic carboxylic acids is 1. The molecule has 172 valence electrons. The van der Waals surface area contributed by atoms with E-state index in [0.717, 1.165) is 12.8 Å². The highest BCUT2D eigenvalue weighted by molar-refractivity contribution is 7.89. The normalized spacial score (nSPS) is 17.5. The van der Waals surface area contributed by atoms with Crippen LogP contribution in [-0.4, -0.2) is 50.9 Å². The van der Waals surface area contributed by atoms with Crippen molar-refractivity contribution < 1.29 is 32.6 Å². The highest BCUT2D eigenvalue weighted by Gasteiger charge is 2.28. The van der Waals surface area contributed by atoms with E-state index in [1.165, 1.54) is 48.5 Å². The average molecular weight is 483 g/mol. The van der Waals surface area contributed by atoms with Crippen LogP contribution in [0.2, 0.25) is 5.02 Å². The van der Waals surface area contributed by atoms with Crippen molar-refractivity contribution in [3.05, 3.63) is 59.1 Å². The van der Waals surface area contributed by atoms with E-state index in [9.17, 15) is 18.0 Å². The Morgan fingerprint density at radius 3 is 2.59 bits per heavy atom. The molecule has 0 aliphatic carbocycles. The number of anilines is 1. The molecule has 0 aromatic heterocycles. The van der Waals surface area contributed by atoms with E-state index in [1.807, 2.05) is 0 Å². The number of sulfonamides is 1. The predicted octanol–water partition coefficient (Wildman–Crippen LogP) is 2.87. The maximum Gasteiger partial charge on any atom is 0.335 e. The van der Waals surface area contributed by atoms with Crippen LogP contribution in [0.1, 0.15) is 29.6 Å². The zero-order valence-corrected chi connectivity index (χ0v) is 18.6. The largest absolute Gasteiger partial charge is 0.478 e. The van der Waals surface area contributed by atoms with E-state index in [1.54, 1.807) is 0 Å². The van der Waals surface area contributed by atoms with Gasteiger partial charge in [-0.25, -0.2) is 13.2 Å². The number of carboxylic acid groups (broad SMARTS) is 1. The molecule has 1 saturated heterocycles. The summed E-state index contributed by atoms with van der Waals surface area (Å²) in [5, 5.41) is 12.0. The number of halogens is 1. The second-order valence-corrected chi connectivity index (χ2v) is 9.28. The molecule has 2 aromatic rings. The molecule has 1 unspecified atom stereocenters. The first-order chi connectivity index (χ1) is 15.2.